The molecule has 9 heteroatoms. The predicted molar refractivity (Wildman–Crippen MR) is 126 cm³/mol. The maximum atomic E-state index is 12.5. The molecule has 4 aromatic rings. The van der Waals surface area contributed by atoms with E-state index in [-0.39, 0.29) is 6.79 Å². The van der Waals surface area contributed by atoms with Crippen LogP contribution in [0.3, 0.4) is 0 Å². The number of hydrogen-bond donors (Lipinski definition) is 1. The molecule has 0 radical (unpaired) electrons. The Morgan fingerprint density at radius 2 is 1.88 bits per heavy atom. The SMILES string of the molecule is O=C(Oc1cccc(/C=N\NC(=O)c2sc3ccccc3c2Cl)c1)c1ccc2c(c1)OCO2. The van der Waals surface area contributed by atoms with Gasteiger partial charge in [0.2, 0.25) is 6.79 Å². The molecule has 0 bridgehead atoms. The Kier molecular flexibility index (Phi) is 5.68. The smallest absolute Gasteiger partial charge is 0.343 e. The first-order valence-corrected chi connectivity index (χ1v) is 11.0. The minimum Gasteiger partial charge on any atom is -0.454 e. The summed E-state index contributed by atoms with van der Waals surface area (Å²) in [4.78, 5) is 25.3. The van der Waals surface area contributed by atoms with Crippen LogP contribution in [0.5, 0.6) is 17.2 Å². The number of fused-ring (bicyclic) bond motifs is 2. The third-order valence-electron chi connectivity index (χ3n) is 4.80. The molecule has 1 aliphatic rings. The van der Waals surface area contributed by atoms with Crippen molar-refractivity contribution in [2.45, 2.75) is 0 Å². The summed E-state index contributed by atoms with van der Waals surface area (Å²) in [6, 6.07) is 19.1. The van der Waals surface area contributed by atoms with Crippen molar-refractivity contribution in [2.24, 2.45) is 5.10 Å². The molecule has 0 aliphatic carbocycles. The van der Waals surface area contributed by atoms with Crippen molar-refractivity contribution in [3.63, 3.8) is 0 Å². The topological polar surface area (TPSA) is 86.2 Å². The lowest BCUT2D eigenvalue weighted by Crippen LogP contribution is -2.16. The first-order valence-electron chi connectivity index (χ1n) is 9.81. The summed E-state index contributed by atoms with van der Waals surface area (Å²) < 4.78 is 16.9. The Balaban J connectivity index is 1.25. The fourth-order valence-corrected chi connectivity index (χ4v) is 4.63. The molecule has 0 spiro atoms. The van der Waals surface area contributed by atoms with Crippen molar-refractivity contribution in [1.82, 2.24) is 5.43 Å². The second kappa shape index (κ2) is 8.93. The van der Waals surface area contributed by atoms with Crippen LogP contribution in [0.4, 0.5) is 0 Å². The molecule has 1 aliphatic heterocycles. The number of benzene rings is 3. The van der Waals surface area contributed by atoms with Gasteiger partial charge in [0.25, 0.3) is 5.91 Å². The number of halogens is 1. The Hall–Kier alpha value is -3.88. The van der Waals surface area contributed by atoms with Crippen LogP contribution in [0.2, 0.25) is 5.02 Å². The standard InChI is InChI=1S/C24H15ClN2O5S/c25-21-17-6-1-2-7-20(17)33-22(21)23(28)27-26-12-14-4-3-5-16(10-14)32-24(29)15-8-9-18-19(11-15)31-13-30-18/h1-12H,13H2,(H,27,28)/b26-12-. The average molecular weight is 479 g/mol. The van der Waals surface area contributed by atoms with Crippen LogP contribution in [0.15, 0.2) is 71.8 Å². The van der Waals surface area contributed by atoms with Gasteiger partial charge in [-0.1, -0.05) is 41.9 Å². The number of esters is 1. The molecule has 2 heterocycles. The molecule has 0 saturated heterocycles. The number of nitrogens with one attached hydrogen (secondary N) is 1. The number of carbonyl (C=O) groups excluding carboxylic acids is 2. The van der Waals surface area contributed by atoms with Crippen LogP contribution >= 0.6 is 22.9 Å². The van der Waals surface area contributed by atoms with E-state index in [1.54, 1.807) is 42.5 Å². The lowest BCUT2D eigenvalue weighted by atomic mass is 10.2. The van der Waals surface area contributed by atoms with Crippen molar-refractivity contribution < 1.29 is 23.8 Å². The van der Waals surface area contributed by atoms with Gasteiger partial charge in [0, 0.05) is 10.1 Å². The molecule has 1 amide bonds. The van der Waals surface area contributed by atoms with Gasteiger partial charge < -0.3 is 14.2 Å². The van der Waals surface area contributed by atoms with Gasteiger partial charge in [0.1, 0.15) is 10.6 Å². The summed E-state index contributed by atoms with van der Waals surface area (Å²) in [6.45, 7) is 0.126. The highest BCUT2D eigenvalue weighted by Crippen LogP contribution is 2.35. The molecule has 3 aromatic carbocycles. The van der Waals surface area contributed by atoms with Crippen LogP contribution < -0.4 is 19.6 Å². The fraction of sp³-hybridized carbons (Fsp3) is 0.0417. The molecule has 1 aromatic heterocycles. The number of rotatable bonds is 5. The summed E-state index contributed by atoms with van der Waals surface area (Å²) in [5, 5.41) is 5.23. The molecule has 164 valence electrons. The molecule has 0 saturated carbocycles. The molecule has 7 nitrogen and oxygen atoms in total. The van der Waals surface area contributed by atoms with Gasteiger partial charge in [0.05, 0.1) is 16.8 Å². The number of hydrogen-bond acceptors (Lipinski definition) is 7. The number of carbonyl (C=O) groups is 2. The third-order valence-corrected chi connectivity index (χ3v) is 6.47. The van der Waals surface area contributed by atoms with Crippen LogP contribution in [0.25, 0.3) is 10.1 Å². The van der Waals surface area contributed by atoms with E-state index in [9.17, 15) is 9.59 Å². The Bertz CT molecular complexity index is 1420. The molecule has 1 N–H and O–H groups in total. The monoisotopic (exact) mass is 478 g/mol. The number of ether oxygens (including phenoxy) is 3. The second-order valence-corrected chi connectivity index (χ2v) is 8.40. The van der Waals surface area contributed by atoms with E-state index in [2.05, 4.69) is 10.5 Å². The largest absolute Gasteiger partial charge is 0.454 e. The van der Waals surface area contributed by atoms with Gasteiger partial charge in [0.15, 0.2) is 11.5 Å². The first-order chi connectivity index (χ1) is 16.1. The lowest BCUT2D eigenvalue weighted by Gasteiger charge is -2.06. The van der Waals surface area contributed by atoms with Gasteiger partial charge in [-0.2, -0.15) is 5.10 Å². The van der Waals surface area contributed by atoms with Gasteiger partial charge in [-0.3, -0.25) is 4.79 Å². The summed E-state index contributed by atoms with van der Waals surface area (Å²) in [5.74, 6) is 0.488. The normalized spacial score (nSPS) is 12.3. The van der Waals surface area contributed by atoms with E-state index in [1.807, 2.05) is 24.3 Å². The molecule has 0 fully saturated rings. The zero-order valence-corrected chi connectivity index (χ0v) is 18.5. The molecule has 33 heavy (non-hydrogen) atoms. The van der Waals surface area contributed by atoms with E-state index in [4.69, 9.17) is 25.8 Å². The molecule has 0 unspecified atom stereocenters. The van der Waals surface area contributed by atoms with Crippen molar-refractivity contribution in [3.05, 3.63) is 87.8 Å². The Morgan fingerprint density at radius 1 is 1.03 bits per heavy atom. The van der Waals surface area contributed by atoms with Gasteiger partial charge in [-0.05, 0) is 42.0 Å². The summed E-state index contributed by atoms with van der Waals surface area (Å²) in [5.41, 5.74) is 3.45. The maximum absolute atomic E-state index is 12.5. The van der Waals surface area contributed by atoms with Crippen LogP contribution in [-0.4, -0.2) is 24.9 Å². The first kappa shape index (κ1) is 21.0. The summed E-state index contributed by atoms with van der Waals surface area (Å²) in [7, 11) is 0. The van der Waals surface area contributed by atoms with Crippen LogP contribution in [0.1, 0.15) is 25.6 Å². The fourth-order valence-electron chi connectivity index (χ4n) is 3.22. The second-order valence-electron chi connectivity index (χ2n) is 6.97. The van der Waals surface area contributed by atoms with Crippen LogP contribution in [-0.2, 0) is 0 Å². The predicted octanol–water partition coefficient (Wildman–Crippen LogP) is 5.27. The maximum Gasteiger partial charge on any atom is 0.343 e. The van der Waals surface area contributed by atoms with Crippen molar-refractivity contribution >= 4 is 51.1 Å². The molecule has 5 rings (SSSR count). The zero-order valence-electron chi connectivity index (χ0n) is 16.9. The lowest BCUT2D eigenvalue weighted by molar-refractivity contribution is 0.0734. The average Bonchev–Trinajstić information content (AvgIpc) is 3.43. The van der Waals surface area contributed by atoms with Gasteiger partial charge in [-0.25, -0.2) is 10.2 Å². The van der Waals surface area contributed by atoms with E-state index in [0.29, 0.717) is 38.3 Å². The number of hydrazone groups is 1. The number of amides is 1. The third kappa shape index (κ3) is 4.39. The number of nitrogens with zero attached hydrogens (tertiary/aromatic N) is 1. The Labute approximate surface area is 197 Å². The minimum atomic E-state index is -0.532. The summed E-state index contributed by atoms with van der Waals surface area (Å²) >= 11 is 7.63. The summed E-state index contributed by atoms with van der Waals surface area (Å²) in [6.07, 6.45) is 1.46. The van der Waals surface area contributed by atoms with Crippen LogP contribution in [0, 0.1) is 0 Å². The van der Waals surface area contributed by atoms with E-state index < -0.39 is 11.9 Å². The highest BCUT2D eigenvalue weighted by atomic mass is 35.5. The molecular formula is C24H15ClN2O5S. The van der Waals surface area contributed by atoms with Crippen molar-refractivity contribution in [1.29, 1.82) is 0 Å². The number of thiophene rings is 1. The van der Waals surface area contributed by atoms with Crippen molar-refractivity contribution in [2.75, 3.05) is 6.79 Å². The highest BCUT2D eigenvalue weighted by Gasteiger charge is 2.18. The van der Waals surface area contributed by atoms with Gasteiger partial charge >= 0.3 is 5.97 Å². The quantitative estimate of drug-likeness (QED) is 0.183. The Morgan fingerprint density at radius 3 is 2.76 bits per heavy atom. The zero-order chi connectivity index (χ0) is 22.8. The van der Waals surface area contributed by atoms with E-state index in [0.717, 1.165) is 10.1 Å². The van der Waals surface area contributed by atoms with E-state index in [1.165, 1.54) is 17.6 Å². The minimum absolute atomic E-state index is 0.126. The van der Waals surface area contributed by atoms with E-state index >= 15 is 0 Å². The highest BCUT2D eigenvalue weighted by molar-refractivity contribution is 7.21. The van der Waals surface area contributed by atoms with Crippen molar-refractivity contribution in [3.8, 4) is 17.2 Å². The molecule has 0 atom stereocenters. The van der Waals surface area contributed by atoms with Gasteiger partial charge in [-0.15, -0.1) is 11.3 Å². The molecular weight excluding hydrogens is 464 g/mol.